The summed E-state index contributed by atoms with van der Waals surface area (Å²) in [4.78, 5) is 28.2. The molecule has 1 atom stereocenters. The molecule has 0 aliphatic carbocycles. The fourth-order valence-corrected chi connectivity index (χ4v) is 5.72. The molecule has 0 heterocycles. The molecule has 0 aromatic heterocycles. The Morgan fingerprint density at radius 2 is 1.54 bits per heavy atom. The van der Waals surface area contributed by atoms with E-state index in [1.165, 1.54) is 35.2 Å². The van der Waals surface area contributed by atoms with Crippen LogP contribution in [-0.2, 0) is 32.3 Å². The molecule has 0 saturated heterocycles. The standard InChI is InChI=1S/C30H34F3N3O4S/c1-3-5-19-34-29(38)27(4-2)35(21-23-13-8-6-9-14-23)28(37)22-36(41(39,40)26-17-10-7-11-18-26)25-16-12-15-24(20-25)30(31,32)33/h6-18,20,27H,3-5,19,21-22H2,1-2H3,(H,34,38)/t27-/m0/s1. The Hall–Kier alpha value is -3.86. The molecule has 3 aromatic carbocycles. The molecule has 0 unspecified atom stereocenters. The second-order valence-electron chi connectivity index (χ2n) is 9.45. The van der Waals surface area contributed by atoms with Gasteiger partial charge in [0.25, 0.3) is 10.0 Å². The Labute approximate surface area is 239 Å². The van der Waals surface area contributed by atoms with E-state index in [4.69, 9.17) is 0 Å². The van der Waals surface area contributed by atoms with Crippen LogP contribution in [-0.4, -0.2) is 44.3 Å². The SMILES string of the molecule is CCCCNC(=O)[C@H](CC)N(Cc1ccccc1)C(=O)CN(c1cccc(C(F)(F)F)c1)S(=O)(=O)c1ccccc1. The van der Waals surface area contributed by atoms with E-state index >= 15 is 0 Å². The molecule has 7 nitrogen and oxygen atoms in total. The normalized spacial score (nSPS) is 12.4. The summed E-state index contributed by atoms with van der Waals surface area (Å²) in [5.41, 5.74) is -0.673. The third-order valence-corrected chi connectivity index (χ3v) is 8.27. The molecule has 1 N–H and O–H groups in total. The molecule has 41 heavy (non-hydrogen) atoms. The number of rotatable bonds is 13. The summed E-state index contributed by atoms with van der Waals surface area (Å²) in [6.07, 6.45) is -2.89. The van der Waals surface area contributed by atoms with Crippen molar-refractivity contribution >= 4 is 27.5 Å². The van der Waals surface area contributed by atoms with Crippen molar-refractivity contribution in [3.8, 4) is 0 Å². The van der Waals surface area contributed by atoms with Crippen LogP contribution >= 0.6 is 0 Å². The van der Waals surface area contributed by atoms with Crippen LogP contribution in [0.3, 0.4) is 0 Å². The molecule has 3 aromatic rings. The van der Waals surface area contributed by atoms with Crippen molar-refractivity contribution in [2.75, 3.05) is 17.4 Å². The maximum Gasteiger partial charge on any atom is 0.416 e. The monoisotopic (exact) mass is 589 g/mol. The van der Waals surface area contributed by atoms with Gasteiger partial charge < -0.3 is 10.2 Å². The molecule has 0 aliphatic heterocycles. The average Bonchev–Trinajstić information content (AvgIpc) is 2.96. The smallest absolute Gasteiger partial charge is 0.354 e. The predicted octanol–water partition coefficient (Wildman–Crippen LogP) is 5.62. The molecule has 3 rings (SSSR count). The van der Waals surface area contributed by atoms with Gasteiger partial charge in [-0.2, -0.15) is 13.2 Å². The van der Waals surface area contributed by atoms with Crippen molar-refractivity contribution in [2.45, 2.75) is 56.8 Å². The molecular weight excluding hydrogens is 555 g/mol. The highest BCUT2D eigenvalue weighted by atomic mass is 32.2. The minimum absolute atomic E-state index is 0.00118. The first-order valence-electron chi connectivity index (χ1n) is 13.3. The Morgan fingerprint density at radius 1 is 0.902 bits per heavy atom. The van der Waals surface area contributed by atoms with Crippen LogP contribution in [0.1, 0.15) is 44.2 Å². The van der Waals surface area contributed by atoms with Gasteiger partial charge in [0, 0.05) is 13.1 Å². The number of benzene rings is 3. The van der Waals surface area contributed by atoms with E-state index in [0.29, 0.717) is 22.5 Å². The molecule has 0 aliphatic rings. The number of sulfonamides is 1. The van der Waals surface area contributed by atoms with E-state index in [2.05, 4.69) is 5.32 Å². The minimum Gasteiger partial charge on any atom is -0.354 e. The van der Waals surface area contributed by atoms with Crippen LogP contribution in [0.15, 0.2) is 89.8 Å². The second-order valence-corrected chi connectivity index (χ2v) is 11.3. The van der Waals surface area contributed by atoms with Gasteiger partial charge in [-0.05, 0) is 48.7 Å². The van der Waals surface area contributed by atoms with Gasteiger partial charge >= 0.3 is 6.18 Å². The number of halogens is 3. The van der Waals surface area contributed by atoms with E-state index in [0.717, 1.165) is 25.0 Å². The number of alkyl halides is 3. The lowest BCUT2D eigenvalue weighted by Crippen LogP contribution is -2.52. The van der Waals surface area contributed by atoms with Crippen molar-refractivity contribution in [3.63, 3.8) is 0 Å². The van der Waals surface area contributed by atoms with Crippen LogP contribution in [0.2, 0.25) is 0 Å². The second kappa shape index (κ2) is 14.2. The Balaban J connectivity index is 2.07. The molecule has 0 fully saturated rings. The zero-order valence-corrected chi connectivity index (χ0v) is 23.8. The number of amides is 2. The summed E-state index contributed by atoms with van der Waals surface area (Å²) < 4.78 is 68.9. The highest BCUT2D eigenvalue weighted by Gasteiger charge is 2.35. The fourth-order valence-electron chi connectivity index (χ4n) is 4.29. The molecule has 0 radical (unpaired) electrons. The zero-order chi connectivity index (χ0) is 30.0. The molecule has 11 heteroatoms. The van der Waals surface area contributed by atoms with Gasteiger partial charge in [0.15, 0.2) is 0 Å². The number of nitrogens with zero attached hydrogens (tertiary/aromatic N) is 2. The summed E-state index contributed by atoms with van der Waals surface area (Å²) >= 11 is 0. The van der Waals surface area contributed by atoms with Crippen LogP contribution in [0.4, 0.5) is 18.9 Å². The first-order chi connectivity index (χ1) is 19.5. The van der Waals surface area contributed by atoms with E-state index in [1.807, 2.05) is 6.92 Å². The molecule has 220 valence electrons. The van der Waals surface area contributed by atoms with Crippen LogP contribution < -0.4 is 9.62 Å². The number of carbonyl (C=O) groups is 2. The van der Waals surface area contributed by atoms with Gasteiger partial charge in [0.1, 0.15) is 12.6 Å². The van der Waals surface area contributed by atoms with E-state index in [9.17, 15) is 31.2 Å². The average molecular weight is 590 g/mol. The maximum atomic E-state index is 13.9. The van der Waals surface area contributed by atoms with Crippen molar-refractivity contribution in [2.24, 2.45) is 0 Å². The molecule has 0 spiro atoms. The lowest BCUT2D eigenvalue weighted by molar-refractivity contribution is -0.140. The Morgan fingerprint density at radius 3 is 2.12 bits per heavy atom. The lowest BCUT2D eigenvalue weighted by atomic mass is 10.1. The fraction of sp³-hybridized carbons (Fsp3) is 0.333. The van der Waals surface area contributed by atoms with Crippen molar-refractivity contribution < 1.29 is 31.2 Å². The van der Waals surface area contributed by atoms with E-state index < -0.39 is 40.3 Å². The van der Waals surface area contributed by atoms with Crippen molar-refractivity contribution in [1.82, 2.24) is 10.2 Å². The summed E-state index contributed by atoms with van der Waals surface area (Å²) in [6, 6.07) is 19.0. The third-order valence-electron chi connectivity index (χ3n) is 6.48. The number of nitrogens with one attached hydrogen (secondary N) is 1. The number of unbranched alkanes of at least 4 members (excludes halogenated alkanes) is 1. The summed E-state index contributed by atoms with van der Waals surface area (Å²) in [6.45, 7) is 3.31. The van der Waals surface area contributed by atoms with E-state index in [-0.39, 0.29) is 29.5 Å². The topological polar surface area (TPSA) is 86.8 Å². The maximum absolute atomic E-state index is 13.9. The molecule has 0 bridgehead atoms. The highest BCUT2D eigenvalue weighted by molar-refractivity contribution is 7.92. The van der Waals surface area contributed by atoms with Gasteiger partial charge in [-0.3, -0.25) is 13.9 Å². The number of anilines is 1. The predicted molar refractivity (Wildman–Crippen MR) is 151 cm³/mol. The summed E-state index contributed by atoms with van der Waals surface area (Å²) in [5, 5.41) is 2.83. The number of hydrogen-bond donors (Lipinski definition) is 1. The Kier molecular flexibility index (Phi) is 10.9. The number of hydrogen-bond acceptors (Lipinski definition) is 4. The largest absolute Gasteiger partial charge is 0.416 e. The van der Waals surface area contributed by atoms with Crippen molar-refractivity contribution in [1.29, 1.82) is 0 Å². The lowest BCUT2D eigenvalue weighted by Gasteiger charge is -2.33. The van der Waals surface area contributed by atoms with Gasteiger partial charge in [-0.15, -0.1) is 0 Å². The highest BCUT2D eigenvalue weighted by Crippen LogP contribution is 2.33. The van der Waals surface area contributed by atoms with Gasteiger partial charge in [-0.1, -0.05) is 74.9 Å². The van der Waals surface area contributed by atoms with Gasteiger partial charge in [0.05, 0.1) is 16.1 Å². The quantitative estimate of drug-likeness (QED) is 0.262. The molecular formula is C30H34F3N3O4S. The third kappa shape index (κ3) is 8.32. The number of carbonyl (C=O) groups excluding carboxylic acids is 2. The van der Waals surface area contributed by atoms with Gasteiger partial charge in [0.2, 0.25) is 11.8 Å². The van der Waals surface area contributed by atoms with Crippen molar-refractivity contribution in [3.05, 3.63) is 96.1 Å². The van der Waals surface area contributed by atoms with E-state index in [1.54, 1.807) is 43.3 Å². The Bertz CT molecular complexity index is 1400. The minimum atomic E-state index is -4.73. The van der Waals surface area contributed by atoms with Crippen LogP contribution in [0.5, 0.6) is 0 Å². The molecule has 0 saturated carbocycles. The summed E-state index contributed by atoms with van der Waals surface area (Å²) in [5.74, 6) is -1.12. The van der Waals surface area contributed by atoms with Crippen LogP contribution in [0, 0.1) is 0 Å². The first kappa shape index (κ1) is 31.7. The zero-order valence-electron chi connectivity index (χ0n) is 23.0. The summed E-state index contributed by atoms with van der Waals surface area (Å²) in [7, 11) is -4.47. The van der Waals surface area contributed by atoms with Gasteiger partial charge in [-0.25, -0.2) is 8.42 Å². The first-order valence-corrected chi connectivity index (χ1v) is 14.8. The van der Waals surface area contributed by atoms with Crippen LogP contribution in [0.25, 0.3) is 0 Å². The molecule has 2 amide bonds.